The second kappa shape index (κ2) is 9.54. The van der Waals surface area contributed by atoms with Crippen LogP contribution >= 0.6 is 11.6 Å². The monoisotopic (exact) mass is 380 g/mol. The minimum atomic E-state index is -0.630. The number of imide groups is 1. The predicted molar refractivity (Wildman–Crippen MR) is 101 cm³/mol. The normalized spacial score (nSPS) is 15.5. The molecule has 8 heteroatoms. The second-order valence-corrected chi connectivity index (χ2v) is 7.03. The molecule has 3 N–H and O–H groups in total. The molecule has 0 bridgehead atoms. The maximum atomic E-state index is 12.2. The van der Waals surface area contributed by atoms with E-state index >= 15 is 0 Å². The highest BCUT2D eigenvalue weighted by molar-refractivity contribution is 6.30. The van der Waals surface area contributed by atoms with Crippen molar-refractivity contribution in [2.45, 2.75) is 44.7 Å². The lowest BCUT2D eigenvalue weighted by Crippen LogP contribution is -2.51. The molecule has 0 radical (unpaired) electrons. The van der Waals surface area contributed by atoms with Gasteiger partial charge in [-0.2, -0.15) is 0 Å². The van der Waals surface area contributed by atoms with E-state index in [9.17, 15) is 14.4 Å². The molecular formula is C18H25ClN4O3. The largest absolute Gasteiger partial charge is 0.335 e. The van der Waals surface area contributed by atoms with E-state index in [1.807, 2.05) is 0 Å². The molecule has 1 aromatic rings. The van der Waals surface area contributed by atoms with Gasteiger partial charge in [0.15, 0.2) is 0 Å². The van der Waals surface area contributed by atoms with E-state index in [0.717, 1.165) is 25.7 Å². The summed E-state index contributed by atoms with van der Waals surface area (Å²) in [6.45, 7) is 1.65. The molecule has 1 aromatic carbocycles. The van der Waals surface area contributed by atoms with Gasteiger partial charge in [-0.1, -0.05) is 30.5 Å². The Morgan fingerprint density at radius 2 is 1.96 bits per heavy atom. The van der Waals surface area contributed by atoms with Gasteiger partial charge in [-0.15, -0.1) is 0 Å². The molecule has 0 aromatic heterocycles. The maximum absolute atomic E-state index is 12.2. The summed E-state index contributed by atoms with van der Waals surface area (Å²) in [7, 11) is 1.65. The van der Waals surface area contributed by atoms with Crippen LogP contribution in [0.5, 0.6) is 0 Å². The van der Waals surface area contributed by atoms with Crippen molar-refractivity contribution in [1.29, 1.82) is 0 Å². The molecule has 0 aliphatic heterocycles. The minimum Gasteiger partial charge on any atom is -0.335 e. The van der Waals surface area contributed by atoms with Gasteiger partial charge >= 0.3 is 6.03 Å². The van der Waals surface area contributed by atoms with Crippen molar-refractivity contribution in [1.82, 2.24) is 15.5 Å². The van der Waals surface area contributed by atoms with E-state index in [1.54, 1.807) is 43.1 Å². The molecule has 0 saturated heterocycles. The summed E-state index contributed by atoms with van der Waals surface area (Å²) in [5.41, 5.74) is 0.587. The Labute approximate surface area is 158 Å². The first-order chi connectivity index (χ1) is 12.3. The van der Waals surface area contributed by atoms with E-state index in [2.05, 4.69) is 16.0 Å². The van der Waals surface area contributed by atoms with Crippen LogP contribution in [0.15, 0.2) is 24.3 Å². The summed E-state index contributed by atoms with van der Waals surface area (Å²) in [5, 5.41) is 8.38. The summed E-state index contributed by atoms with van der Waals surface area (Å²) < 4.78 is 0. The van der Waals surface area contributed by atoms with E-state index in [1.165, 1.54) is 0 Å². The fourth-order valence-electron chi connectivity index (χ4n) is 2.84. The van der Waals surface area contributed by atoms with Crippen LogP contribution in [-0.2, 0) is 9.59 Å². The average molecular weight is 381 g/mol. The topological polar surface area (TPSA) is 90.5 Å². The van der Waals surface area contributed by atoms with Gasteiger partial charge in [0.1, 0.15) is 0 Å². The summed E-state index contributed by atoms with van der Waals surface area (Å²) in [4.78, 5) is 37.7. The highest BCUT2D eigenvalue weighted by Gasteiger charge is 2.23. The number of benzene rings is 1. The van der Waals surface area contributed by atoms with Crippen LogP contribution in [0, 0.1) is 0 Å². The van der Waals surface area contributed by atoms with E-state index in [-0.39, 0.29) is 18.5 Å². The first kappa shape index (κ1) is 20.2. The van der Waals surface area contributed by atoms with Crippen LogP contribution in [0.1, 0.15) is 32.6 Å². The van der Waals surface area contributed by atoms with Gasteiger partial charge in [0.05, 0.1) is 12.6 Å². The van der Waals surface area contributed by atoms with Crippen molar-refractivity contribution in [2.75, 3.05) is 18.9 Å². The van der Waals surface area contributed by atoms with E-state index in [0.29, 0.717) is 10.7 Å². The molecule has 1 saturated carbocycles. The fraction of sp³-hybridized carbons (Fsp3) is 0.500. The Balaban J connectivity index is 1.77. The highest BCUT2D eigenvalue weighted by atomic mass is 35.5. The molecular weight excluding hydrogens is 356 g/mol. The third-order valence-corrected chi connectivity index (χ3v) is 4.70. The molecule has 1 aliphatic carbocycles. The number of hydrogen-bond donors (Lipinski definition) is 3. The zero-order chi connectivity index (χ0) is 19.1. The molecule has 26 heavy (non-hydrogen) atoms. The third-order valence-electron chi connectivity index (χ3n) is 4.47. The maximum Gasteiger partial charge on any atom is 0.321 e. The number of urea groups is 1. The highest BCUT2D eigenvalue weighted by Crippen LogP contribution is 2.17. The third kappa shape index (κ3) is 6.31. The van der Waals surface area contributed by atoms with Crippen molar-refractivity contribution in [3.05, 3.63) is 29.3 Å². The Bertz CT molecular complexity index is 662. The van der Waals surface area contributed by atoms with Crippen molar-refractivity contribution in [2.24, 2.45) is 0 Å². The van der Waals surface area contributed by atoms with Gasteiger partial charge in [-0.05, 0) is 45.0 Å². The number of nitrogens with one attached hydrogen (secondary N) is 3. The lowest BCUT2D eigenvalue weighted by atomic mass is 10.2. The molecule has 0 heterocycles. The quantitative estimate of drug-likeness (QED) is 0.706. The summed E-state index contributed by atoms with van der Waals surface area (Å²) in [6.07, 6.45) is 4.08. The van der Waals surface area contributed by atoms with Crippen LogP contribution in [0.4, 0.5) is 10.5 Å². The number of halogens is 1. The summed E-state index contributed by atoms with van der Waals surface area (Å²) in [5.74, 6) is -0.719. The van der Waals surface area contributed by atoms with Crippen molar-refractivity contribution < 1.29 is 14.4 Å². The van der Waals surface area contributed by atoms with E-state index < -0.39 is 18.0 Å². The lowest BCUT2D eigenvalue weighted by Gasteiger charge is -2.23. The van der Waals surface area contributed by atoms with Crippen LogP contribution in [0.2, 0.25) is 5.02 Å². The molecule has 2 rings (SSSR count). The molecule has 4 amide bonds. The van der Waals surface area contributed by atoms with Gasteiger partial charge in [-0.25, -0.2) is 4.79 Å². The smallest absolute Gasteiger partial charge is 0.321 e. The Hall–Kier alpha value is -2.12. The van der Waals surface area contributed by atoms with Crippen LogP contribution in [0.3, 0.4) is 0 Å². The predicted octanol–water partition coefficient (Wildman–Crippen LogP) is 2.37. The molecule has 1 unspecified atom stereocenters. The molecule has 7 nitrogen and oxygen atoms in total. The number of likely N-dealkylation sites (N-methyl/N-ethyl adjacent to an activating group) is 1. The number of carbonyl (C=O) groups excluding carboxylic acids is 3. The Kier molecular flexibility index (Phi) is 7.41. The molecule has 1 fully saturated rings. The molecule has 1 atom stereocenters. The molecule has 142 valence electrons. The van der Waals surface area contributed by atoms with Crippen molar-refractivity contribution >= 4 is 35.1 Å². The van der Waals surface area contributed by atoms with Crippen LogP contribution < -0.4 is 16.0 Å². The number of carbonyl (C=O) groups is 3. The number of rotatable bonds is 6. The molecule has 1 aliphatic rings. The number of anilines is 1. The van der Waals surface area contributed by atoms with Gasteiger partial charge in [0.25, 0.3) is 0 Å². The Morgan fingerprint density at radius 1 is 1.27 bits per heavy atom. The van der Waals surface area contributed by atoms with Crippen LogP contribution in [0.25, 0.3) is 0 Å². The first-order valence-electron chi connectivity index (χ1n) is 8.72. The SMILES string of the molecule is CC(C(=O)NC(=O)NC1CCCC1)N(C)CC(=O)Nc1cccc(Cl)c1. The first-order valence-corrected chi connectivity index (χ1v) is 9.10. The molecule has 0 spiro atoms. The van der Waals surface area contributed by atoms with Gasteiger partial charge < -0.3 is 10.6 Å². The average Bonchev–Trinajstić information content (AvgIpc) is 3.06. The number of nitrogens with zero attached hydrogens (tertiary/aromatic N) is 1. The van der Waals surface area contributed by atoms with E-state index in [4.69, 9.17) is 11.6 Å². The summed E-state index contributed by atoms with van der Waals surface area (Å²) >= 11 is 5.88. The fourth-order valence-corrected chi connectivity index (χ4v) is 3.03. The Morgan fingerprint density at radius 3 is 2.62 bits per heavy atom. The lowest BCUT2D eigenvalue weighted by molar-refractivity contribution is -0.125. The number of amides is 4. The van der Waals surface area contributed by atoms with Gasteiger partial charge in [0, 0.05) is 16.8 Å². The van der Waals surface area contributed by atoms with Crippen molar-refractivity contribution in [3.63, 3.8) is 0 Å². The van der Waals surface area contributed by atoms with Crippen LogP contribution in [-0.4, -0.2) is 48.4 Å². The zero-order valence-electron chi connectivity index (χ0n) is 15.0. The minimum absolute atomic E-state index is 0.00530. The number of hydrogen-bond acceptors (Lipinski definition) is 4. The second-order valence-electron chi connectivity index (χ2n) is 6.59. The standard InChI is InChI=1S/C18H25ClN4O3/c1-12(17(25)22-18(26)21-14-7-3-4-8-14)23(2)11-16(24)20-15-9-5-6-13(19)10-15/h5-6,9-10,12,14H,3-4,7-8,11H2,1-2H3,(H,20,24)(H2,21,22,25,26). The van der Waals surface area contributed by atoms with Gasteiger partial charge in [-0.3, -0.25) is 19.8 Å². The summed E-state index contributed by atoms with van der Waals surface area (Å²) in [6, 6.07) is 5.85. The zero-order valence-corrected chi connectivity index (χ0v) is 15.8. The van der Waals surface area contributed by atoms with Crippen molar-refractivity contribution in [3.8, 4) is 0 Å². The van der Waals surface area contributed by atoms with Gasteiger partial charge in [0.2, 0.25) is 11.8 Å².